The van der Waals surface area contributed by atoms with Crippen molar-refractivity contribution < 1.29 is 14.6 Å². The highest BCUT2D eigenvalue weighted by Crippen LogP contribution is 2.15. The zero-order valence-electron chi connectivity index (χ0n) is 11.2. The van der Waals surface area contributed by atoms with Crippen LogP contribution < -0.4 is 10.1 Å². The van der Waals surface area contributed by atoms with Crippen molar-refractivity contribution in [1.29, 1.82) is 0 Å². The summed E-state index contributed by atoms with van der Waals surface area (Å²) in [6, 6.07) is 11.2. The van der Waals surface area contributed by atoms with Gasteiger partial charge >= 0.3 is 5.97 Å². The number of carbonyl (C=O) groups is 1. The number of aromatic nitrogens is 1. The van der Waals surface area contributed by atoms with Gasteiger partial charge in [-0.05, 0) is 36.2 Å². The van der Waals surface area contributed by atoms with E-state index in [1.165, 1.54) is 6.20 Å². The van der Waals surface area contributed by atoms with Crippen LogP contribution >= 0.6 is 0 Å². The Bertz CT molecular complexity index is 599. The number of rotatable bonds is 6. The van der Waals surface area contributed by atoms with Gasteiger partial charge in [-0.1, -0.05) is 12.1 Å². The number of benzene rings is 1. The molecule has 1 aromatic heterocycles. The van der Waals surface area contributed by atoms with Crippen LogP contribution in [0.15, 0.2) is 42.6 Å². The molecule has 0 aliphatic heterocycles. The molecule has 0 radical (unpaired) electrons. The Morgan fingerprint density at radius 3 is 2.95 bits per heavy atom. The normalized spacial score (nSPS) is 10.1. The highest BCUT2D eigenvalue weighted by Gasteiger charge is 2.10. The fourth-order valence-corrected chi connectivity index (χ4v) is 1.89. The van der Waals surface area contributed by atoms with Gasteiger partial charge in [0.1, 0.15) is 5.75 Å². The quantitative estimate of drug-likeness (QED) is 0.845. The van der Waals surface area contributed by atoms with Crippen LogP contribution in [0.4, 0.5) is 5.69 Å². The summed E-state index contributed by atoms with van der Waals surface area (Å²) in [5.74, 6) is -0.218. The number of ether oxygens (including phenoxy) is 1. The third-order valence-corrected chi connectivity index (χ3v) is 2.87. The first kappa shape index (κ1) is 13.9. The van der Waals surface area contributed by atoms with E-state index in [-0.39, 0.29) is 5.69 Å². The zero-order valence-corrected chi connectivity index (χ0v) is 11.2. The minimum absolute atomic E-state index is 0.0399. The summed E-state index contributed by atoms with van der Waals surface area (Å²) in [5, 5.41) is 12.1. The number of hydrogen-bond acceptors (Lipinski definition) is 4. The van der Waals surface area contributed by atoms with Gasteiger partial charge in [-0.3, -0.25) is 0 Å². The van der Waals surface area contributed by atoms with E-state index in [1.54, 1.807) is 19.2 Å². The molecule has 0 spiro atoms. The molecule has 0 atom stereocenters. The second-order valence-corrected chi connectivity index (χ2v) is 4.23. The summed E-state index contributed by atoms with van der Waals surface area (Å²) >= 11 is 0. The zero-order chi connectivity index (χ0) is 14.4. The Labute approximate surface area is 117 Å². The van der Waals surface area contributed by atoms with E-state index in [9.17, 15) is 4.79 Å². The number of methoxy groups -OCH3 is 1. The van der Waals surface area contributed by atoms with Gasteiger partial charge in [-0.15, -0.1) is 0 Å². The first-order valence-corrected chi connectivity index (χ1v) is 6.26. The smallest absolute Gasteiger partial charge is 0.356 e. The van der Waals surface area contributed by atoms with Crippen molar-refractivity contribution in [1.82, 2.24) is 4.98 Å². The van der Waals surface area contributed by atoms with Crippen LogP contribution in [0.1, 0.15) is 16.1 Å². The molecule has 0 amide bonds. The van der Waals surface area contributed by atoms with Crippen LogP contribution in [-0.2, 0) is 6.42 Å². The number of carboxylic acid groups (broad SMARTS) is 1. The number of nitrogens with one attached hydrogen (secondary N) is 1. The largest absolute Gasteiger partial charge is 0.497 e. The molecule has 0 unspecified atom stereocenters. The van der Waals surface area contributed by atoms with Crippen LogP contribution in [-0.4, -0.2) is 29.7 Å². The summed E-state index contributed by atoms with van der Waals surface area (Å²) in [6.45, 7) is 0.624. The van der Waals surface area contributed by atoms with E-state index < -0.39 is 5.97 Å². The maximum absolute atomic E-state index is 11.0. The monoisotopic (exact) mass is 272 g/mol. The Balaban J connectivity index is 1.97. The van der Waals surface area contributed by atoms with E-state index in [1.807, 2.05) is 24.3 Å². The average molecular weight is 272 g/mol. The number of anilines is 1. The molecule has 0 aliphatic carbocycles. The molecular weight excluding hydrogens is 256 g/mol. The lowest BCUT2D eigenvalue weighted by Crippen LogP contribution is -2.10. The van der Waals surface area contributed by atoms with Crippen molar-refractivity contribution in [2.45, 2.75) is 6.42 Å². The van der Waals surface area contributed by atoms with Gasteiger partial charge in [-0.2, -0.15) is 0 Å². The maximum atomic E-state index is 11.0. The van der Waals surface area contributed by atoms with Gasteiger partial charge in [-0.25, -0.2) is 9.78 Å². The fourth-order valence-electron chi connectivity index (χ4n) is 1.89. The van der Waals surface area contributed by atoms with Gasteiger partial charge < -0.3 is 15.2 Å². The predicted molar refractivity (Wildman–Crippen MR) is 76.4 cm³/mol. The number of pyridine rings is 1. The van der Waals surface area contributed by atoms with Crippen molar-refractivity contribution in [2.24, 2.45) is 0 Å². The average Bonchev–Trinajstić information content (AvgIpc) is 2.48. The molecule has 20 heavy (non-hydrogen) atoms. The van der Waals surface area contributed by atoms with Crippen LogP contribution in [0, 0.1) is 0 Å². The first-order chi connectivity index (χ1) is 9.70. The second-order valence-electron chi connectivity index (χ2n) is 4.23. The van der Waals surface area contributed by atoms with E-state index in [2.05, 4.69) is 10.3 Å². The summed E-state index contributed by atoms with van der Waals surface area (Å²) < 4.78 is 5.16. The van der Waals surface area contributed by atoms with Crippen molar-refractivity contribution in [3.05, 3.63) is 53.9 Å². The van der Waals surface area contributed by atoms with E-state index in [4.69, 9.17) is 9.84 Å². The first-order valence-electron chi connectivity index (χ1n) is 6.26. The van der Waals surface area contributed by atoms with Gasteiger partial charge in [0, 0.05) is 12.7 Å². The van der Waals surface area contributed by atoms with E-state index in [0.29, 0.717) is 12.2 Å². The molecule has 0 fully saturated rings. The molecule has 5 heteroatoms. The molecule has 0 bridgehead atoms. The number of nitrogens with zero attached hydrogens (tertiary/aromatic N) is 1. The molecule has 0 aliphatic rings. The maximum Gasteiger partial charge on any atom is 0.356 e. The van der Waals surface area contributed by atoms with Gasteiger partial charge in [0.05, 0.1) is 12.8 Å². The molecule has 1 heterocycles. The molecule has 0 saturated heterocycles. The van der Waals surface area contributed by atoms with Crippen LogP contribution in [0.2, 0.25) is 0 Å². The van der Waals surface area contributed by atoms with Gasteiger partial charge in [0.25, 0.3) is 0 Å². The summed E-state index contributed by atoms with van der Waals surface area (Å²) in [5.41, 5.74) is 1.69. The number of aromatic carboxylic acids is 1. The molecule has 2 aromatic rings. The molecule has 0 saturated carbocycles. The van der Waals surface area contributed by atoms with Crippen molar-refractivity contribution >= 4 is 11.7 Å². The van der Waals surface area contributed by atoms with E-state index in [0.717, 1.165) is 17.7 Å². The SMILES string of the molecule is COc1cccc(CCNc2cccnc2C(=O)O)c1. The molecular formula is C15H16N2O3. The second kappa shape index (κ2) is 6.56. The summed E-state index contributed by atoms with van der Waals surface area (Å²) in [6.07, 6.45) is 2.24. The Kier molecular flexibility index (Phi) is 4.55. The number of carboxylic acids is 1. The third-order valence-electron chi connectivity index (χ3n) is 2.87. The van der Waals surface area contributed by atoms with Gasteiger partial charge in [0.15, 0.2) is 5.69 Å². The molecule has 2 N–H and O–H groups in total. The van der Waals surface area contributed by atoms with Crippen LogP contribution in [0.25, 0.3) is 0 Å². The highest BCUT2D eigenvalue weighted by molar-refractivity contribution is 5.91. The Hall–Kier alpha value is -2.56. The number of hydrogen-bond donors (Lipinski definition) is 2. The lowest BCUT2D eigenvalue weighted by atomic mass is 10.1. The topological polar surface area (TPSA) is 71.5 Å². The van der Waals surface area contributed by atoms with Crippen LogP contribution in [0.3, 0.4) is 0 Å². The molecule has 104 valence electrons. The predicted octanol–water partition coefficient (Wildman–Crippen LogP) is 2.44. The van der Waals surface area contributed by atoms with Crippen molar-refractivity contribution in [3.8, 4) is 5.75 Å². The Morgan fingerprint density at radius 2 is 2.20 bits per heavy atom. The van der Waals surface area contributed by atoms with Crippen LogP contribution in [0.5, 0.6) is 5.75 Å². The molecule has 1 aromatic carbocycles. The lowest BCUT2D eigenvalue weighted by molar-refractivity contribution is 0.0691. The molecule has 2 rings (SSSR count). The highest BCUT2D eigenvalue weighted by atomic mass is 16.5. The van der Waals surface area contributed by atoms with Gasteiger partial charge in [0.2, 0.25) is 0 Å². The summed E-state index contributed by atoms with van der Waals surface area (Å²) in [7, 11) is 1.63. The van der Waals surface area contributed by atoms with E-state index >= 15 is 0 Å². The van der Waals surface area contributed by atoms with Crippen molar-refractivity contribution in [3.63, 3.8) is 0 Å². The van der Waals surface area contributed by atoms with Crippen molar-refractivity contribution in [2.75, 3.05) is 19.0 Å². The molecule has 5 nitrogen and oxygen atoms in total. The minimum Gasteiger partial charge on any atom is -0.497 e. The standard InChI is InChI=1S/C15H16N2O3/c1-20-12-5-2-4-11(10-12)7-9-16-13-6-3-8-17-14(13)15(18)19/h2-6,8,10,16H,7,9H2,1H3,(H,18,19). The fraction of sp³-hybridized carbons (Fsp3) is 0.200. The lowest BCUT2D eigenvalue weighted by Gasteiger charge is -2.09. The minimum atomic E-state index is -1.03. The Morgan fingerprint density at radius 1 is 1.35 bits per heavy atom. The summed E-state index contributed by atoms with van der Waals surface area (Å²) in [4.78, 5) is 14.9. The third kappa shape index (κ3) is 3.47.